The molecule has 0 aliphatic carbocycles. The Balaban J connectivity index is 2.66. The first kappa shape index (κ1) is 8.86. The number of hydrogen-bond acceptors (Lipinski definition) is 4. The quantitative estimate of drug-likeness (QED) is 0.742. The Morgan fingerprint density at radius 1 is 1.55 bits per heavy atom. The summed E-state index contributed by atoms with van der Waals surface area (Å²) in [6.07, 6.45) is -0.591. The van der Waals surface area contributed by atoms with Crippen LogP contribution in [0.15, 0.2) is 0 Å². The zero-order valence-electron chi connectivity index (χ0n) is 5.75. The molecule has 0 radical (unpaired) electrons. The van der Waals surface area contributed by atoms with E-state index in [4.69, 9.17) is 0 Å². The summed E-state index contributed by atoms with van der Waals surface area (Å²) < 4.78 is 23.8. The summed E-state index contributed by atoms with van der Waals surface area (Å²) >= 11 is 2.52. The highest BCUT2D eigenvalue weighted by Crippen LogP contribution is 2.23. The molecule has 1 aromatic heterocycles. The van der Waals surface area contributed by atoms with E-state index < -0.39 is 6.43 Å². The van der Waals surface area contributed by atoms with Crippen LogP contribution in [0.2, 0.25) is 0 Å². The highest BCUT2D eigenvalue weighted by atomic mass is 32.2. The van der Waals surface area contributed by atoms with Crippen molar-refractivity contribution in [3.05, 3.63) is 10.0 Å². The van der Waals surface area contributed by atoms with Crippen molar-refractivity contribution in [2.45, 2.75) is 12.2 Å². The molecule has 0 saturated heterocycles. The van der Waals surface area contributed by atoms with E-state index in [1.54, 1.807) is 11.8 Å². The van der Waals surface area contributed by atoms with Crippen LogP contribution >= 0.6 is 23.1 Å². The third kappa shape index (κ3) is 2.37. The minimum absolute atomic E-state index is 0.186. The molecule has 62 valence electrons. The highest BCUT2D eigenvalue weighted by molar-refractivity contribution is 7.97. The largest absolute Gasteiger partial charge is 0.291 e. The van der Waals surface area contributed by atoms with E-state index in [-0.39, 0.29) is 5.01 Å². The Hall–Kier alpha value is -0.230. The predicted octanol–water partition coefficient (Wildman–Crippen LogP) is 2.34. The fourth-order valence-electron chi connectivity index (χ4n) is 0.537. The van der Waals surface area contributed by atoms with Gasteiger partial charge in [-0.25, -0.2) is 8.78 Å². The number of halogens is 2. The van der Waals surface area contributed by atoms with Gasteiger partial charge < -0.3 is 0 Å². The molecule has 0 spiro atoms. The molecule has 0 fully saturated rings. The first-order chi connectivity index (χ1) is 5.24. The van der Waals surface area contributed by atoms with Gasteiger partial charge in [0.25, 0.3) is 6.43 Å². The van der Waals surface area contributed by atoms with E-state index in [1.807, 2.05) is 6.26 Å². The highest BCUT2D eigenvalue weighted by Gasteiger charge is 2.12. The predicted molar refractivity (Wildman–Crippen MR) is 42.1 cm³/mol. The fourth-order valence-corrected chi connectivity index (χ4v) is 1.92. The summed E-state index contributed by atoms with van der Waals surface area (Å²) in [5.41, 5.74) is 0. The molecule has 0 aliphatic rings. The van der Waals surface area contributed by atoms with E-state index in [0.29, 0.717) is 10.8 Å². The topological polar surface area (TPSA) is 25.8 Å². The number of nitrogens with zero attached hydrogens (tertiary/aromatic N) is 2. The van der Waals surface area contributed by atoms with Gasteiger partial charge in [-0.2, -0.15) is 11.8 Å². The zero-order valence-corrected chi connectivity index (χ0v) is 7.38. The molecule has 0 amide bonds. The van der Waals surface area contributed by atoms with Crippen LogP contribution in [0.4, 0.5) is 8.78 Å². The van der Waals surface area contributed by atoms with Crippen molar-refractivity contribution in [2.24, 2.45) is 0 Å². The second-order valence-corrected chi connectivity index (χ2v) is 3.73. The average molecular weight is 196 g/mol. The molecule has 0 N–H and O–H groups in total. The van der Waals surface area contributed by atoms with Crippen LogP contribution in [-0.4, -0.2) is 16.5 Å². The maximum atomic E-state index is 11.9. The lowest BCUT2D eigenvalue weighted by molar-refractivity contribution is 0.150. The summed E-state index contributed by atoms with van der Waals surface area (Å²) in [7, 11) is 0. The number of rotatable bonds is 3. The number of aromatic nitrogens is 2. The van der Waals surface area contributed by atoms with E-state index in [9.17, 15) is 8.78 Å². The molecule has 11 heavy (non-hydrogen) atoms. The second kappa shape index (κ2) is 3.96. The molecule has 2 nitrogen and oxygen atoms in total. The van der Waals surface area contributed by atoms with Crippen molar-refractivity contribution in [3.8, 4) is 0 Å². The van der Waals surface area contributed by atoms with Crippen LogP contribution < -0.4 is 0 Å². The van der Waals surface area contributed by atoms with Gasteiger partial charge in [-0.3, -0.25) is 0 Å². The molecule has 1 aromatic rings. The smallest absolute Gasteiger partial charge is 0.202 e. The molecule has 0 aliphatic heterocycles. The lowest BCUT2D eigenvalue weighted by Crippen LogP contribution is -1.80. The van der Waals surface area contributed by atoms with Crippen LogP contribution in [-0.2, 0) is 5.75 Å². The van der Waals surface area contributed by atoms with Gasteiger partial charge in [-0.05, 0) is 6.26 Å². The van der Waals surface area contributed by atoms with Crippen molar-refractivity contribution < 1.29 is 8.78 Å². The fraction of sp³-hybridized carbons (Fsp3) is 0.600. The van der Waals surface area contributed by atoms with Gasteiger partial charge in [-0.1, -0.05) is 11.3 Å². The first-order valence-electron chi connectivity index (χ1n) is 2.83. The number of thioether (sulfide) groups is 1. The van der Waals surface area contributed by atoms with E-state index in [2.05, 4.69) is 10.2 Å². The Morgan fingerprint density at radius 2 is 2.27 bits per heavy atom. The molecule has 0 aromatic carbocycles. The minimum atomic E-state index is -2.48. The van der Waals surface area contributed by atoms with Gasteiger partial charge in [0, 0.05) is 5.75 Å². The summed E-state index contributed by atoms with van der Waals surface area (Å²) in [4.78, 5) is 0. The Morgan fingerprint density at radius 3 is 2.73 bits per heavy atom. The van der Waals surface area contributed by atoms with Crippen molar-refractivity contribution in [1.82, 2.24) is 10.2 Å². The van der Waals surface area contributed by atoms with Crippen LogP contribution in [0.1, 0.15) is 16.4 Å². The third-order valence-electron chi connectivity index (χ3n) is 0.937. The minimum Gasteiger partial charge on any atom is -0.202 e. The molecule has 0 bridgehead atoms. The molecule has 1 heterocycles. The molecule has 0 atom stereocenters. The van der Waals surface area contributed by atoms with Gasteiger partial charge >= 0.3 is 0 Å². The van der Waals surface area contributed by atoms with Crippen molar-refractivity contribution >= 4 is 23.1 Å². The lowest BCUT2D eigenvalue weighted by Gasteiger charge is -1.86. The van der Waals surface area contributed by atoms with Crippen LogP contribution in [0.5, 0.6) is 0 Å². The van der Waals surface area contributed by atoms with Gasteiger partial charge in [0.1, 0.15) is 5.01 Å². The summed E-state index contributed by atoms with van der Waals surface area (Å²) in [6.45, 7) is 0. The standard InChI is InChI=1S/C5H6F2N2S2/c1-10-2-3-8-9-5(11-3)4(6)7/h4H,2H2,1H3. The molecular formula is C5H6F2N2S2. The molecule has 0 saturated carbocycles. The van der Waals surface area contributed by atoms with Crippen LogP contribution in [0, 0.1) is 0 Å². The van der Waals surface area contributed by atoms with E-state index in [0.717, 1.165) is 11.3 Å². The van der Waals surface area contributed by atoms with Gasteiger partial charge in [0.2, 0.25) is 0 Å². The molecule has 0 unspecified atom stereocenters. The third-order valence-corrected chi connectivity index (χ3v) is 2.61. The molecule has 1 rings (SSSR count). The van der Waals surface area contributed by atoms with Gasteiger partial charge in [0.15, 0.2) is 5.01 Å². The SMILES string of the molecule is CSCc1nnc(C(F)F)s1. The summed E-state index contributed by atoms with van der Waals surface area (Å²) in [5, 5.41) is 7.41. The summed E-state index contributed by atoms with van der Waals surface area (Å²) in [6, 6.07) is 0. The molecular weight excluding hydrogens is 190 g/mol. The maximum Gasteiger partial charge on any atom is 0.291 e. The zero-order chi connectivity index (χ0) is 8.27. The van der Waals surface area contributed by atoms with Crippen molar-refractivity contribution in [1.29, 1.82) is 0 Å². The summed E-state index contributed by atoms with van der Waals surface area (Å²) in [5.74, 6) is 0.657. The van der Waals surface area contributed by atoms with Gasteiger partial charge in [0.05, 0.1) is 0 Å². The second-order valence-electron chi connectivity index (χ2n) is 1.77. The Labute approximate surface area is 71.0 Å². The van der Waals surface area contributed by atoms with Crippen LogP contribution in [0.3, 0.4) is 0 Å². The van der Waals surface area contributed by atoms with E-state index >= 15 is 0 Å². The normalized spacial score (nSPS) is 10.9. The van der Waals surface area contributed by atoms with Gasteiger partial charge in [-0.15, -0.1) is 10.2 Å². The molecule has 6 heteroatoms. The lowest BCUT2D eigenvalue weighted by atomic mass is 10.8. The Kier molecular flexibility index (Phi) is 3.19. The Bertz CT molecular complexity index is 226. The number of alkyl halides is 2. The monoisotopic (exact) mass is 196 g/mol. The first-order valence-corrected chi connectivity index (χ1v) is 5.04. The maximum absolute atomic E-state index is 11.9. The van der Waals surface area contributed by atoms with Crippen LogP contribution in [0.25, 0.3) is 0 Å². The van der Waals surface area contributed by atoms with Crippen molar-refractivity contribution in [3.63, 3.8) is 0 Å². The van der Waals surface area contributed by atoms with Crippen molar-refractivity contribution in [2.75, 3.05) is 6.26 Å². The average Bonchev–Trinajstić information content (AvgIpc) is 2.37. The van der Waals surface area contributed by atoms with E-state index in [1.165, 1.54) is 0 Å². The number of hydrogen-bond donors (Lipinski definition) is 0.